The van der Waals surface area contributed by atoms with Crippen molar-refractivity contribution in [3.63, 3.8) is 0 Å². The fourth-order valence-electron chi connectivity index (χ4n) is 2.64. The van der Waals surface area contributed by atoms with Crippen molar-refractivity contribution in [1.29, 1.82) is 0 Å². The van der Waals surface area contributed by atoms with Gasteiger partial charge in [0.1, 0.15) is 0 Å². The molecule has 0 saturated carbocycles. The van der Waals surface area contributed by atoms with Crippen LogP contribution in [-0.4, -0.2) is 17.6 Å². The minimum absolute atomic E-state index is 0.301. The van der Waals surface area contributed by atoms with Crippen molar-refractivity contribution in [2.75, 3.05) is 6.61 Å². The molecule has 0 aliphatic heterocycles. The zero-order chi connectivity index (χ0) is 13.1. The van der Waals surface area contributed by atoms with Crippen molar-refractivity contribution in [3.8, 4) is 0 Å². The summed E-state index contributed by atoms with van der Waals surface area (Å²) in [6.07, 6.45) is 4.63. The second kappa shape index (κ2) is 5.34. The molecule has 0 aromatic carbocycles. The topological polar surface area (TPSA) is 39.2 Å². The molecule has 18 heavy (non-hydrogen) atoms. The van der Waals surface area contributed by atoms with E-state index in [-0.39, 0.29) is 5.97 Å². The van der Waals surface area contributed by atoms with Gasteiger partial charge in [0, 0.05) is 6.20 Å². The first-order valence-corrected chi connectivity index (χ1v) is 6.40. The lowest BCUT2D eigenvalue weighted by atomic mass is 9.98. The number of esters is 1. The van der Waals surface area contributed by atoms with E-state index in [1.54, 1.807) is 6.20 Å². The number of hydrogen-bond donors (Lipinski definition) is 0. The van der Waals surface area contributed by atoms with Gasteiger partial charge in [-0.05, 0) is 56.2 Å². The van der Waals surface area contributed by atoms with Gasteiger partial charge in [-0.25, -0.2) is 9.78 Å². The third kappa shape index (κ3) is 2.61. The van der Waals surface area contributed by atoms with Gasteiger partial charge in [0.15, 0.2) is 5.69 Å². The van der Waals surface area contributed by atoms with E-state index in [1.807, 2.05) is 19.9 Å². The van der Waals surface area contributed by atoms with Crippen molar-refractivity contribution in [3.05, 3.63) is 41.2 Å². The summed E-state index contributed by atoms with van der Waals surface area (Å²) in [5.74, 6) is 0.250. The lowest BCUT2D eigenvalue weighted by Crippen LogP contribution is -2.10. The quantitative estimate of drug-likeness (QED) is 0.604. The van der Waals surface area contributed by atoms with Crippen LogP contribution in [0, 0.1) is 5.92 Å². The molecule has 0 saturated heterocycles. The molecule has 0 N–H and O–H groups in total. The second-order valence-electron chi connectivity index (χ2n) is 4.95. The molecular weight excluding hydrogens is 226 g/mol. The van der Waals surface area contributed by atoms with Gasteiger partial charge < -0.3 is 4.74 Å². The maximum Gasteiger partial charge on any atom is 0.357 e. The Bertz CT molecular complexity index is 479. The number of allylic oxidation sites excluding steroid dienone is 1. The number of rotatable bonds is 4. The van der Waals surface area contributed by atoms with Crippen molar-refractivity contribution >= 4 is 5.97 Å². The van der Waals surface area contributed by atoms with E-state index in [0.717, 1.165) is 24.8 Å². The summed E-state index contributed by atoms with van der Waals surface area (Å²) in [4.78, 5) is 16.0. The smallest absolute Gasteiger partial charge is 0.357 e. The van der Waals surface area contributed by atoms with E-state index >= 15 is 0 Å². The van der Waals surface area contributed by atoms with Crippen LogP contribution in [0.2, 0.25) is 0 Å². The molecule has 1 aliphatic carbocycles. The predicted molar refractivity (Wildman–Crippen MR) is 70.5 cm³/mol. The molecule has 1 aromatic heterocycles. The lowest BCUT2D eigenvalue weighted by Gasteiger charge is -2.08. The Morgan fingerprint density at radius 1 is 1.56 bits per heavy atom. The lowest BCUT2D eigenvalue weighted by molar-refractivity contribution is 0.0518. The molecule has 0 bridgehead atoms. The summed E-state index contributed by atoms with van der Waals surface area (Å²) in [5, 5.41) is 0. The largest absolute Gasteiger partial charge is 0.461 e. The van der Waals surface area contributed by atoms with Gasteiger partial charge in [0.2, 0.25) is 0 Å². The van der Waals surface area contributed by atoms with Crippen LogP contribution in [0.4, 0.5) is 0 Å². The minimum Gasteiger partial charge on any atom is -0.461 e. The molecule has 1 atom stereocenters. The third-order valence-corrected chi connectivity index (χ3v) is 3.26. The first-order chi connectivity index (χ1) is 8.61. The van der Waals surface area contributed by atoms with Crippen LogP contribution in [0.3, 0.4) is 0 Å². The standard InChI is InChI=1S/C15H19NO2/c1-4-18-15(17)14-13-9-11(7-10(2)3)8-12(13)5-6-16-14/h5-6,11H,2,4,7-9H2,1,3H3. The van der Waals surface area contributed by atoms with Gasteiger partial charge in [-0.1, -0.05) is 5.57 Å². The Morgan fingerprint density at radius 2 is 2.33 bits per heavy atom. The van der Waals surface area contributed by atoms with Crippen LogP contribution in [0.1, 0.15) is 41.9 Å². The normalized spacial score (nSPS) is 17.3. The fraction of sp³-hybridized carbons (Fsp3) is 0.467. The molecule has 1 heterocycles. The summed E-state index contributed by atoms with van der Waals surface area (Å²) in [6.45, 7) is 8.21. The van der Waals surface area contributed by atoms with E-state index in [0.29, 0.717) is 18.2 Å². The van der Waals surface area contributed by atoms with E-state index < -0.39 is 0 Å². The van der Waals surface area contributed by atoms with Crippen LogP contribution < -0.4 is 0 Å². The molecule has 1 aromatic rings. The van der Waals surface area contributed by atoms with Crippen molar-refractivity contribution in [2.45, 2.75) is 33.1 Å². The highest BCUT2D eigenvalue weighted by atomic mass is 16.5. The Labute approximate surface area is 108 Å². The number of hydrogen-bond acceptors (Lipinski definition) is 3. The predicted octanol–water partition coefficient (Wildman–Crippen LogP) is 2.94. The summed E-state index contributed by atoms with van der Waals surface area (Å²) >= 11 is 0. The van der Waals surface area contributed by atoms with Crippen LogP contribution in [0.15, 0.2) is 24.4 Å². The first-order valence-electron chi connectivity index (χ1n) is 6.40. The Morgan fingerprint density at radius 3 is 3.00 bits per heavy atom. The average Bonchev–Trinajstić information content (AvgIpc) is 2.69. The molecule has 0 radical (unpaired) electrons. The SMILES string of the molecule is C=C(C)CC1Cc2ccnc(C(=O)OCC)c2C1. The number of aromatic nitrogens is 1. The van der Waals surface area contributed by atoms with Gasteiger partial charge >= 0.3 is 5.97 Å². The highest BCUT2D eigenvalue weighted by Gasteiger charge is 2.27. The molecule has 96 valence electrons. The highest BCUT2D eigenvalue weighted by Crippen LogP contribution is 2.32. The van der Waals surface area contributed by atoms with Crippen LogP contribution in [0.25, 0.3) is 0 Å². The summed E-state index contributed by atoms with van der Waals surface area (Å²) in [5.41, 5.74) is 4.00. The van der Waals surface area contributed by atoms with Gasteiger partial charge in [0.05, 0.1) is 6.61 Å². The average molecular weight is 245 g/mol. The van der Waals surface area contributed by atoms with E-state index in [4.69, 9.17) is 4.74 Å². The number of nitrogens with zero attached hydrogens (tertiary/aromatic N) is 1. The van der Waals surface area contributed by atoms with E-state index in [9.17, 15) is 4.79 Å². The first kappa shape index (κ1) is 12.8. The van der Waals surface area contributed by atoms with E-state index in [1.165, 1.54) is 11.1 Å². The van der Waals surface area contributed by atoms with Crippen molar-refractivity contribution in [2.24, 2.45) is 5.92 Å². The molecule has 0 fully saturated rings. The second-order valence-corrected chi connectivity index (χ2v) is 4.95. The molecule has 1 aliphatic rings. The molecule has 2 rings (SSSR count). The number of carbonyl (C=O) groups is 1. The van der Waals surface area contributed by atoms with Gasteiger partial charge in [-0.15, -0.1) is 6.58 Å². The maximum absolute atomic E-state index is 11.8. The molecular formula is C15H19NO2. The zero-order valence-electron chi connectivity index (χ0n) is 11.0. The fourth-order valence-corrected chi connectivity index (χ4v) is 2.64. The Balaban J connectivity index is 2.21. The minimum atomic E-state index is -0.301. The molecule has 3 heteroatoms. The van der Waals surface area contributed by atoms with Gasteiger partial charge in [-0.3, -0.25) is 0 Å². The number of pyridine rings is 1. The monoisotopic (exact) mass is 245 g/mol. The zero-order valence-corrected chi connectivity index (χ0v) is 11.0. The molecule has 0 amide bonds. The Kier molecular flexibility index (Phi) is 3.80. The summed E-state index contributed by atoms with van der Waals surface area (Å²) < 4.78 is 5.05. The van der Waals surface area contributed by atoms with Gasteiger partial charge in [-0.2, -0.15) is 0 Å². The van der Waals surface area contributed by atoms with Crippen LogP contribution >= 0.6 is 0 Å². The molecule has 1 unspecified atom stereocenters. The van der Waals surface area contributed by atoms with Crippen LogP contribution in [-0.2, 0) is 17.6 Å². The summed E-state index contributed by atoms with van der Waals surface area (Å²) in [7, 11) is 0. The van der Waals surface area contributed by atoms with Crippen LogP contribution in [0.5, 0.6) is 0 Å². The number of fused-ring (bicyclic) bond motifs is 1. The van der Waals surface area contributed by atoms with E-state index in [2.05, 4.69) is 11.6 Å². The number of ether oxygens (including phenoxy) is 1. The van der Waals surface area contributed by atoms with Crippen molar-refractivity contribution in [1.82, 2.24) is 4.98 Å². The third-order valence-electron chi connectivity index (χ3n) is 3.26. The van der Waals surface area contributed by atoms with Gasteiger partial charge in [0.25, 0.3) is 0 Å². The number of carbonyl (C=O) groups excluding carboxylic acids is 1. The van der Waals surface area contributed by atoms with Crippen molar-refractivity contribution < 1.29 is 9.53 Å². The molecule has 0 spiro atoms. The Hall–Kier alpha value is -1.64. The highest BCUT2D eigenvalue weighted by molar-refractivity contribution is 5.89. The molecule has 3 nitrogen and oxygen atoms in total. The summed E-state index contributed by atoms with van der Waals surface area (Å²) in [6, 6.07) is 2.01. The maximum atomic E-state index is 11.8.